The van der Waals surface area contributed by atoms with Crippen LogP contribution in [0.15, 0.2) is 48.5 Å². The van der Waals surface area contributed by atoms with Crippen molar-refractivity contribution in [2.24, 2.45) is 0 Å². The third kappa shape index (κ3) is 4.61. The van der Waals surface area contributed by atoms with Crippen LogP contribution in [0.25, 0.3) is 11.0 Å². The van der Waals surface area contributed by atoms with Gasteiger partial charge >= 0.3 is 0 Å². The van der Waals surface area contributed by atoms with Crippen LogP contribution in [0.4, 0.5) is 0 Å². The molecule has 6 heteroatoms. The molecule has 0 bridgehead atoms. The molecule has 0 N–H and O–H groups in total. The van der Waals surface area contributed by atoms with E-state index in [4.69, 9.17) is 26.1 Å². The summed E-state index contributed by atoms with van der Waals surface area (Å²) in [6.45, 7) is 6.18. The van der Waals surface area contributed by atoms with E-state index >= 15 is 0 Å². The van der Waals surface area contributed by atoms with E-state index in [0.717, 1.165) is 68.4 Å². The van der Waals surface area contributed by atoms with Gasteiger partial charge in [0, 0.05) is 31.2 Å². The van der Waals surface area contributed by atoms with Crippen molar-refractivity contribution in [1.82, 2.24) is 14.5 Å². The standard InChI is InChI=1S/C21H24ClN3O2/c22-17-6-8-18(9-7-17)27-16-21-23-19-4-1-2-5-20(19)25(21)11-3-10-24-12-14-26-15-13-24/h1-2,4-9H,3,10-16H2. The Labute approximate surface area is 164 Å². The van der Waals surface area contributed by atoms with E-state index in [2.05, 4.69) is 27.7 Å². The maximum Gasteiger partial charge on any atom is 0.147 e. The summed E-state index contributed by atoms with van der Waals surface area (Å²) in [5, 5.41) is 0.706. The number of hydrogen-bond acceptors (Lipinski definition) is 4. The molecular formula is C21H24ClN3O2. The summed E-state index contributed by atoms with van der Waals surface area (Å²) in [5.41, 5.74) is 2.17. The third-order valence-corrected chi connectivity index (χ3v) is 5.13. The molecule has 2 aromatic carbocycles. The fraction of sp³-hybridized carbons (Fsp3) is 0.381. The fourth-order valence-electron chi connectivity index (χ4n) is 3.44. The normalized spacial score (nSPS) is 15.3. The van der Waals surface area contributed by atoms with Crippen molar-refractivity contribution >= 4 is 22.6 Å². The van der Waals surface area contributed by atoms with Crippen molar-refractivity contribution in [3.63, 3.8) is 0 Å². The first-order valence-electron chi connectivity index (χ1n) is 9.42. The first kappa shape index (κ1) is 18.3. The van der Waals surface area contributed by atoms with E-state index < -0.39 is 0 Å². The van der Waals surface area contributed by atoms with Gasteiger partial charge in [-0.05, 0) is 42.8 Å². The number of benzene rings is 2. The molecule has 142 valence electrons. The molecule has 1 aromatic heterocycles. The van der Waals surface area contributed by atoms with E-state index in [1.54, 1.807) is 0 Å². The number of hydrogen-bond donors (Lipinski definition) is 0. The predicted octanol–water partition coefficient (Wildman–Crippen LogP) is 3.99. The lowest BCUT2D eigenvalue weighted by Crippen LogP contribution is -2.37. The Kier molecular flexibility index (Phi) is 5.92. The van der Waals surface area contributed by atoms with E-state index in [0.29, 0.717) is 11.6 Å². The predicted molar refractivity (Wildman–Crippen MR) is 107 cm³/mol. The third-order valence-electron chi connectivity index (χ3n) is 4.87. The summed E-state index contributed by atoms with van der Waals surface area (Å²) >= 11 is 5.94. The maximum atomic E-state index is 5.94. The number of nitrogens with zero attached hydrogens (tertiary/aromatic N) is 3. The van der Waals surface area contributed by atoms with Crippen LogP contribution >= 0.6 is 11.6 Å². The van der Waals surface area contributed by atoms with Gasteiger partial charge in [-0.1, -0.05) is 23.7 Å². The molecule has 1 aliphatic heterocycles. The Morgan fingerprint density at radius 3 is 2.59 bits per heavy atom. The lowest BCUT2D eigenvalue weighted by atomic mass is 10.3. The first-order valence-corrected chi connectivity index (χ1v) is 9.80. The second kappa shape index (κ2) is 8.74. The Bertz CT molecular complexity index is 873. The van der Waals surface area contributed by atoms with Gasteiger partial charge in [-0.15, -0.1) is 0 Å². The number of aromatic nitrogens is 2. The summed E-state index contributed by atoms with van der Waals surface area (Å²) in [6, 6.07) is 15.7. The summed E-state index contributed by atoms with van der Waals surface area (Å²) in [7, 11) is 0. The lowest BCUT2D eigenvalue weighted by Gasteiger charge is -2.26. The van der Waals surface area contributed by atoms with E-state index in [1.165, 1.54) is 0 Å². The van der Waals surface area contributed by atoms with Gasteiger partial charge in [0.05, 0.1) is 24.2 Å². The molecule has 1 saturated heterocycles. The molecule has 0 amide bonds. The van der Waals surface area contributed by atoms with Gasteiger partial charge in [-0.2, -0.15) is 0 Å². The van der Waals surface area contributed by atoms with Crippen LogP contribution in [0.2, 0.25) is 5.02 Å². The Morgan fingerprint density at radius 1 is 1.00 bits per heavy atom. The molecule has 0 radical (unpaired) electrons. The Balaban J connectivity index is 1.45. The number of fused-ring (bicyclic) bond motifs is 1. The van der Waals surface area contributed by atoms with Gasteiger partial charge in [-0.25, -0.2) is 4.98 Å². The van der Waals surface area contributed by atoms with Crippen molar-refractivity contribution in [1.29, 1.82) is 0 Å². The molecule has 4 rings (SSSR count). The quantitative estimate of drug-likeness (QED) is 0.616. The van der Waals surface area contributed by atoms with E-state index in [9.17, 15) is 0 Å². The molecule has 0 atom stereocenters. The zero-order valence-corrected chi connectivity index (χ0v) is 16.1. The van der Waals surface area contributed by atoms with Crippen LogP contribution < -0.4 is 4.74 Å². The van der Waals surface area contributed by atoms with E-state index in [-0.39, 0.29) is 0 Å². The molecule has 1 aliphatic rings. The number of aryl methyl sites for hydroxylation is 1. The average Bonchev–Trinajstić information content (AvgIpc) is 3.06. The molecular weight excluding hydrogens is 362 g/mol. The minimum Gasteiger partial charge on any atom is -0.486 e. The van der Waals surface area contributed by atoms with Crippen molar-refractivity contribution in [3.8, 4) is 5.75 Å². The number of para-hydroxylation sites is 2. The molecule has 0 saturated carbocycles. The summed E-state index contributed by atoms with van der Waals surface area (Å²) < 4.78 is 13.7. The SMILES string of the molecule is Clc1ccc(OCc2nc3ccccc3n2CCCN2CCOCC2)cc1. The van der Waals surface area contributed by atoms with Crippen LogP contribution in [0, 0.1) is 0 Å². The van der Waals surface area contributed by atoms with Crippen LogP contribution in [-0.4, -0.2) is 47.3 Å². The molecule has 0 unspecified atom stereocenters. The average molecular weight is 386 g/mol. The van der Waals surface area contributed by atoms with Gasteiger partial charge in [0.25, 0.3) is 0 Å². The number of ether oxygens (including phenoxy) is 2. The number of imidazole rings is 1. The number of halogens is 1. The first-order chi connectivity index (χ1) is 13.3. The minimum atomic E-state index is 0.438. The van der Waals surface area contributed by atoms with Gasteiger partial charge in [0.15, 0.2) is 0 Å². The highest BCUT2D eigenvalue weighted by atomic mass is 35.5. The summed E-state index contributed by atoms with van der Waals surface area (Å²) in [6.07, 6.45) is 1.08. The summed E-state index contributed by atoms with van der Waals surface area (Å²) in [5.74, 6) is 1.75. The summed E-state index contributed by atoms with van der Waals surface area (Å²) in [4.78, 5) is 7.25. The second-order valence-electron chi connectivity index (χ2n) is 6.72. The topological polar surface area (TPSA) is 39.5 Å². The van der Waals surface area contributed by atoms with Crippen LogP contribution in [0.1, 0.15) is 12.2 Å². The van der Waals surface area contributed by atoms with Gasteiger partial charge in [-0.3, -0.25) is 4.90 Å². The monoisotopic (exact) mass is 385 g/mol. The number of rotatable bonds is 7. The Hall–Kier alpha value is -2.08. The fourth-order valence-corrected chi connectivity index (χ4v) is 3.57. The maximum absolute atomic E-state index is 5.94. The lowest BCUT2D eigenvalue weighted by molar-refractivity contribution is 0.0369. The Morgan fingerprint density at radius 2 is 1.78 bits per heavy atom. The van der Waals surface area contributed by atoms with Crippen molar-refractivity contribution in [3.05, 3.63) is 59.4 Å². The van der Waals surface area contributed by atoms with Crippen molar-refractivity contribution < 1.29 is 9.47 Å². The van der Waals surface area contributed by atoms with Crippen LogP contribution in [0.3, 0.4) is 0 Å². The van der Waals surface area contributed by atoms with Gasteiger partial charge in [0.1, 0.15) is 18.2 Å². The zero-order chi connectivity index (χ0) is 18.5. The van der Waals surface area contributed by atoms with Crippen molar-refractivity contribution in [2.75, 3.05) is 32.8 Å². The molecule has 2 heterocycles. The zero-order valence-electron chi connectivity index (χ0n) is 15.3. The van der Waals surface area contributed by atoms with Crippen LogP contribution in [0.5, 0.6) is 5.75 Å². The highest BCUT2D eigenvalue weighted by molar-refractivity contribution is 6.30. The highest BCUT2D eigenvalue weighted by Gasteiger charge is 2.13. The highest BCUT2D eigenvalue weighted by Crippen LogP contribution is 2.20. The molecule has 5 nitrogen and oxygen atoms in total. The van der Waals surface area contributed by atoms with Crippen LogP contribution in [-0.2, 0) is 17.9 Å². The molecule has 1 fully saturated rings. The van der Waals surface area contributed by atoms with Crippen molar-refractivity contribution in [2.45, 2.75) is 19.6 Å². The smallest absolute Gasteiger partial charge is 0.147 e. The molecule has 3 aromatic rings. The van der Waals surface area contributed by atoms with E-state index in [1.807, 2.05) is 30.3 Å². The van der Waals surface area contributed by atoms with Gasteiger partial charge < -0.3 is 14.0 Å². The second-order valence-corrected chi connectivity index (χ2v) is 7.15. The molecule has 27 heavy (non-hydrogen) atoms. The molecule has 0 spiro atoms. The number of morpholine rings is 1. The largest absolute Gasteiger partial charge is 0.486 e. The van der Waals surface area contributed by atoms with Gasteiger partial charge in [0.2, 0.25) is 0 Å². The molecule has 0 aliphatic carbocycles. The minimum absolute atomic E-state index is 0.438.